The summed E-state index contributed by atoms with van der Waals surface area (Å²) in [5, 5.41) is 10.3. The maximum atomic E-state index is 5.60. The van der Waals surface area contributed by atoms with E-state index in [9.17, 15) is 0 Å². The first-order valence-electron chi connectivity index (χ1n) is 5.97. The summed E-state index contributed by atoms with van der Waals surface area (Å²) in [6.07, 6.45) is 3.92. The van der Waals surface area contributed by atoms with E-state index < -0.39 is 0 Å². The van der Waals surface area contributed by atoms with E-state index in [2.05, 4.69) is 27.4 Å². The molecule has 2 unspecified atom stereocenters. The van der Waals surface area contributed by atoms with Gasteiger partial charge in [-0.2, -0.15) is 5.10 Å². The first kappa shape index (κ1) is 11.5. The Hall–Kier alpha value is -0.940. The summed E-state index contributed by atoms with van der Waals surface area (Å²) in [5.41, 5.74) is 0. The van der Waals surface area contributed by atoms with Crippen molar-refractivity contribution in [1.82, 2.24) is 20.5 Å². The normalized spacial score (nSPS) is 22.5. The number of rotatable bonds is 5. The standard InChI is InChI=1S/C11H20N4O/c1-8(6-10-4-3-5-16-10)12-7-11-13-9(2)14-15-11/h8,10,12H,3-7H2,1-2H3,(H,13,14,15). The van der Waals surface area contributed by atoms with Crippen LogP contribution in [-0.2, 0) is 11.3 Å². The van der Waals surface area contributed by atoms with Crippen molar-refractivity contribution in [2.24, 2.45) is 0 Å². The highest BCUT2D eigenvalue weighted by atomic mass is 16.5. The molecule has 2 atom stereocenters. The number of hydrogen-bond acceptors (Lipinski definition) is 4. The number of aryl methyl sites for hydroxylation is 1. The Kier molecular flexibility index (Phi) is 3.90. The second-order valence-electron chi connectivity index (χ2n) is 4.49. The van der Waals surface area contributed by atoms with Crippen LogP contribution in [0.3, 0.4) is 0 Å². The summed E-state index contributed by atoms with van der Waals surface area (Å²) < 4.78 is 5.60. The number of aromatic nitrogens is 3. The molecule has 1 aromatic rings. The summed E-state index contributed by atoms with van der Waals surface area (Å²) in [7, 11) is 0. The minimum absolute atomic E-state index is 0.441. The largest absolute Gasteiger partial charge is 0.378 e. The fourth-order valence-corrected chi connectivity index (χ4v) is 2.04. The molecule has 1 fully saturated rings. The second kappa shape index (κ2) is 5.41. The van der Waals surface area contributed by atoms with Gasteiger partial charge in [-0.3, -0.25) is 5.10 Å². The fraction of sp³-hybridized carbons (Fsp3) is 0.818. The Bertz CT molecular complexity index is 320. The van der Waals surface area contributed by atoms with Crippen molar-refractivity contribution in [1.29, 1.82) is 0 Å². The quantitative estimate of drug-likeness (QED) is 0.788. The molecule has 1 aliphatic heterocycles. The summed E-state index contributed by atoms with van der Waals surface area (Å²) in [6, 6.07) is 0.446. The van der Waals surface area contributed by atoms with Crippen LogP contribution in [0.2, 0.25) is 0 Å². The van der Waals surface area contributed by atoms with Gasteiger partial charge in [0, 0.05) is 12.6 Å². The molecule has 0 bridgehead atoms. The van der Waals surface area contributed by atoms with Gasteiger partial charge >= 0.3 is 0 Å². The minimum atomic E-state index is 0.441. The van der Waals surface area contributed by atoms with E-state index in [1.807, 2.05) is 6.92 Å². The maximum Gasteiger partial charge on any atom is 0.164 e. The molecule has 1 aliphatic rings. The Morgan fingerprint density at radius 1 is 1.62 bits per heavy atom. The number of aromatic amines is 1. The van der Waals surface area contributed by atoms with Crippen molar-refractivity contribution in [2.75, 3.05) is 6.61 Å². The smallest absolute Gasteiger partial charge is 0.164 e. The summed E-state index contributed by atoms with van der Waals surface area (Å²) >= 11 is 0. The third-order valence-electron chi connectivity index (χ3n) is 2.89. The van der Waals surface area contributed by atoms with Crippen LogP contribution < -0.4 is 5.32 Å². The van der Waals surface area contributed by atoms with Crippen LogP contribution in [-0.4, -0.2) is 33.9 Å². The van der Waals surface area contributed by atoms with E-state index >= 15 is 0 Å². The van der Waals surface area contributed by atoms with Crippen molar-refractivity contribution in [3.05, 3.63) is 11.6 Å². The number of ether oxygens (including phenoxy) is 1. The van der Waals surface area contributed by atoms with Crippen LogP contribution in [0.5, 0.6) is 0 Å². The third kappa shape index (κ3) is 3.28. The van der Waals surface area contributed by atoms with Gasteiger partial charge in [-0.1, -0.05) is 0 Å². The van der Waals surface area contributed by atoms with Crippen LogP contribution in [0.1, 0.15) is 37.8 Å². The zero-order valence-electron chi connectivity index (χ0n) is 9.99. The molecular weight excluding hydrogens is 204 g/mol. The van der Waals surface area contributed by atoms with E-state index in [1.165, 1.54) is 12.8 Å². The number of hydrogen-bond donors (Lipinski definition) is 2. The maximum absolute atomic E-state index is 5.60. The highest BCUT2D eigenvalue weighted by Gasteiger charge is 2.18. The average Bonchev–Trinajstić information content (AvgIpc) is 2.87. The van der Waals surface area contributed by atoms with Crippen LogP contribution in [0, 0.1) is 6.92 Å². The highest BCUT2D eigenvalue weighted by Crippen LogP contribution is 2.16. The van der Waals surface area contributed by atoms with Crippen LogP contribution in [0.15, 0.2) is 0 Å². The van der Waals surface area contributed by atoms with Gasteiger partial charge in [0.1, 0.15) is 5.82 Å². The minimum Gasteiger partial charge on any atom is -0.378 e. The third-order valence-corrected chi connectivity index (χ3v) is 2.89. The van der Waals surface area contributed by atoms with Crippen molar-refractivity contribution < 1.29 is 4.74 Å². The molecule has 2 N–H and O–H groups in total. The fourth-order valence-electron chi connectivity index (χ4n) is 2.04. The molecule has 0 spiro atoms. The Morgan fingerprint density at radius 2 is 2.50 bits per heavy atom. The highest BCUT2D eigenvalue weighted by molar-refractivity contribution is 4.87. The van der Waals surface area contributed by atoms with Gasteiger partial charge in [-0.25, -0.2) is 4.98 Å². The van der Waals surface area contributed by atoms with Crippen molar-refractivity contribution >= 4 is 0 Å². The number of nitrogens with zero attached hydrogens (tertiary/aromatic N) is 2. The van der Waals surface area contributed by atoms with Gasteiger partial charge in [0.15, 0.2) is 5.82 Å². The summed E-state index contributed by atoms with van der Waals surface area (Å²) in [5.74, 6) is 1.69. The lowest BCUT2D eigenvalue weighted by Gasteiger charge is -2.16. The molecule has 1 saturated heterocycles. The molecule has 0 radical (unpaired) electrons. The molecule has 1 aromatic heterocycles. The van der Waals surface area contributed by atoms with Crippen molar-refractivity contribution in [2.45, 2.75) is 51.8 Å². The monoisotopic (exact) mass is 224 g/mol. The van der Waals surface area contributed by atoms with E-state index in [0.717, 1.165) is 31.2 Å². The van der Waals surface area contributed by atoms with Gasteiger partial charge in [0.25, 0.3) is 0 Å². The molecule has 0 aliphatic carbocycles. The van der Waals surface area contributed by atoms with Gasteiger partial charge in [0.2, 0.25) is 0 Å². The molecule has 2 rings (SSSR count). The van der Waals surface area contributed by atoms with E-state index in [1.54, 1.807) is 0 Å². The van der Waals surface area contributed by atoms with Gasteiger partial charge in [-0.05, 0) is 33.1 Å². The predicted octanol–water partition coefficient (Wildman–Crippen LogP) is 1.16. The zero-order valence-corrected chi connectivity index (χ0v) is 9.99. The molecule has 0 amide bonds. The lowest BCUT2D eigenvalue weighted by atomic mass is 10.1. The molecule has 5 heteroatoms. The first-order valence-corrected chi connectivity index (χ1v) is 5.97. The van der Waals surface area contributed by atoms with Crippen LogP contribution in [0.25, 0.3) is 0 Å². The topological polar surface area (TPSA) is 62.8 Å². The molecule has 0 saturated carbocycles. The molecular formula is C11H20N4O. The predicted molar refractivity (Wildman–Crippen MR) is 61.0 cm³/mol. The average molecular weight is 224 g/mol. The molecule has 2 heterocycles. The second-order valence-corrected chi connectivity index (χ2v) is 4.49. The lowest BCUT2D eigenvalue weighted by molar-refractivity contribution is 0.0961. The van der Waals surface area contributed by atoms with Crippen LogP contribution >= 0.6 is 0 Å². The Labute approximate surface area is 96.0 Å². The first-order chi connectivity index (χ1) is 7.74. The Balaban J connectivity index is 1.68. The zero-order chi connectivity index (χ0) is 11.4. The van der Waals surface area contributed by atoms with Gasteiger partial charge in [0.05, 0.1) is 12.6 Å². The number of nitrogens with one attached hydrogen (secondary N) is 2. The SMILES string of the molecule is Cc1nc(CNC(C)CC2CCCO2)n[nH]1. The Morgan fingerprint density at radius 3 is 3.12 bits per heavy atom. The molecule has 90 valence electrons. The van der Waals surface area contributed by atoms with E-state index in [0.29, 0.717) is 12.1 Å². The number of H-pyrrole nitrogens is 1. The summed E-state index contributed by atoms with van der Waals surface area (Å²) in [4.78, 5) is 4.25. The van der Waals surface area contributed by atoms with Crippen LogP contribution in [0.4, 0.5) is 0 Å². The molecule has 16 heavy (non-hydrogen) atoms. The van der Waals surface area contributed by atoms with Gasteiger partial charge in [-0.15, -0.1) is 0 Å². The lowest BCUT2D eigenvalue weighted by Crippen LogP contribution is -2.29. The van der Waals surface area contributed by atoms with Crippen molar-refractivity contribution in [3.63, 3.8) is 0 Å². The van der Waals surface area contributed by atoms with E-state index in [4.69, 9.17) is 4.74 Å². The summed E-state index contributed by atoms with van der Waals surface area (Å²) in [6.45, 7) is 5.74. The molecule has 0 aromatic carbocycles. The van der Waals surface area contributed by atoms with Gasteiger partial charge < -0.3 is 10.1 Å². The van der Waals surface area contributed by atoms with Crippen molar-refractivity contribution in [3.8, 4) is 0 Å². The molecule has 5 nitrogen and oxygen atoms in total. The van der Waals surface area contributed by atoms with E-state index in [-0.39, 0.29) is 0 Å².